The Balaban J connectivity index is 1.91. The van der Waals surface area contributed by atoms with Crippen LogP contribution in [0.1, 0.15) is 35.3 Å². The van der Waals surface area contributed by atoms with Gasteiger partial charge in [0, 0.05) is 30.6 Å². The molecule has 2 aromatic rings. The van der Waals surface area contributed by atoms with E-state index < -0.39 is 6.10 Å². The van der Waals surface area contributed by atoms with Crippen LogP contribution in [-0.4, -0.2) is 15.9 Å². The molecule has 1 N–H and O–H groups in total. The molecule has 0 fully saturated rings. The molecule has 0 aromatic heterocycles. The van der Waals surface area contributed by atoms with Gasteiger partial charge in [0.1, 0.15) is 6.10 Å². The number of aliphatic hydroxyl groups excluding tert-OH is 1. The van der Waals surface area contributed by atoms with Crippen LogP contribution in [-0.2, 0) is 17.9 Å². The number of benzene rings is 2. The smallest absolute Gasteiger partial charge is 0.220 e. The fourth-order valence-corrected chi connectivity index (χ4v) is 2.92. The van der Waals surface area contributed by atoms with E-state index in [1.807, 2.05) is 36.4 Å². The van der Waals surface area contributed by atoms with Gasteiger partial charge in [0.15, 0.2) is 0 Å². The first-order valence-electron chi connectivity index (χ1n) is 6.86. The van der Waals surface area contributed by atoms with Gasteiger partial charge in [-0.3, -0.25) is 4.79 Å². The van der Waals surface area contributed by atoms with Crippen LogP contribution in [0.4, 0.5) is 0 Å². The first-order valence-corrected chi connectivity index (χ1v) is 7.24. The van der Waals surface area contributed by atoms with Crippen LogP contribution in [0.2, 0.25) is 5.02 Å². The van der Waals surface area contributed by atoms with E-state index in [4.69, 9.17) is 11.6 Å². The second-order valence-corrected chi connectivity index (χ2v) is 5.73. The van der Waals surface area contributed by atoms with Gasteiger partial charge in [-0.15, -0.1) is 0 Å². The molecule has 3 nitrogen and oxygen atoms in total. The molecule has 4 heteroatoms. The minimum absolute atomic E-state index is 0.0689. The Morgan fingerprint density at radius 3 is 2.62 bits per heavy atom. The van der Waals surface area contributed by atoms with Gasteiger partial charge >= 0.3 is 0 Å². The highest BCUT2D eigenvalue weighted by Gasteiger charge is 2.22. The van der Waals surface area contributed by atoms with Crippen molar-refractivity contribution in [2.75, 3.05) is 0 Å². The van der Waals surface area contributed by atoms with E-state index in [-0.39, 0.29) is 5.91 Å². The number of hydrogen-bond donors (Lipinski definition) is 1. The molecule has 2 aromatic carbocycles. The Morgan fingerprint density at radius 1 is 1.19 bits per heavy atom. The highest BCUT2D eigenvalue weighted by molar-refractivity contribution is 6.31. The van der Waals surface area contributed by atoms with Crippen LogP contribution in [0.5, 0.6) is 0 Å². The molecule has 1 aliphatic rings. The molecule has 3 rings (SSSR count). The summed E-state index contributed by atoms with van der Waals surface area (Å²) in [6.45, 7) is 2.83. The highest BCUT2D eigenvalue weighted by Crippen LogP contribution is 2.31. The summed E-state index contributed by atoms with van der Waals surface area (Å²) in [7, 11) is 0. The molecule has 1 unspecified atom stereocenters. The number of carbonyl (C=O) groups excluding carboxylic acids is 1. The predicted octanol–water partition coefficient (Wildman–Crippen LogP) is 3.28. The van der Waals surface area contributed by atoms with Gasteiger partial charge in [0.2, 0.25) is 5.91 Å². The molecule has 0 saturated heterocycles. The third kappa shape index (κ3) is 2.67. The summed E-state index contributed by atoms with van der Waals surface area (Å²) >= 11 is 6.14. The van der Waals surface area contributed by atoms with Crippen LogP contribution in [0.3, 0.4) is 0 Å². The number of fused-ring (bicyclic) bond motifs is 1. The van der Waals surface area contributed by atoms with Crippen LogP contribution >= 0.6 is 11.6 Å². The maximum atomic E-state index is 11.5. The second kappa shape index (κ2) is 5.51. The Morgan fingerprint density at radius 2 is 1.90 bits per heavy atom. The van der Waals surface area contributed by atoms with Crippen molar-refractivity contribution in [2.45, 2.75) is 26.1 Å². The van der Waals surface area contributed by atoms with E-state index in [9.17, 15) is 9.90 Å². The van der Waals surface area contributed by atoms with E-state index in [1.54, 1.807) is 17.9 Å². The predicted molar refractivity (Wildman–Crippen MR) is 81.9 cm³/mol. The lowest BCUT2D eigenvalue weighted by atomic mass is 9.98. The van der Waals surface area contributed by atoms with Crippen molar-refractivity contribution < 1.29 is 9.90 Å². The molecule has 108 valence electrons. The van der Waals surface area contributed by atoms with Gasteiger partial charge < -0.3 is 10.0 Å². The zero-order chi connectivity index (χ0) is 15.0. The number of nitrogens with zero attached hydrogens (tertiary/aromatic N) is 1. The van der Waals surface area contributed by atoms with E-state index >= 15 is 0 Å². The Kier molecular flexibility index (Phi) is 3.70. The molecule has 0 aliphatic carbocycles. The molecule has 21 heavy (non-hydrogen) atoms. The van der Waals surface area contributed by atoms with Crippen molar-refractivity contribution in [3.8, 4) is 0 Å². The number of hydrogen-bond acceptors (Lipinski definition) is 2. The summed E-state index contributed by atoms with van der Waals surface area (Å²) in [5.41, 5.74) is 3.72. The topological polar surface area (TPSA) is 40.5 Å². The van der Waals surface area contributed by atoms with E-state index in [2.05, 4.69) is 0 Å². The number of carbonyl (C=O) groups is 1. The molecule has 1 heterocycles. The van der Waals surface area contributed by atoms with Gasteiger partial charge in [-0.25, -0.2) is 0 Å². The molecule has 1 atom stereocenters. The fraction of sp³-hybridized carbons (Fsp3) is 0.235. The van der Waals surface area contributed by atoms with Crippen molar-refractivity contribution in [1.82, 2.24) is 4.90 Å². The van der Waals surface area contributed by atoms with E-state index in [0.29, 0.717) is 23.7 Å². The minimum atomic E-state index is -0.754. The fourth-order valence-electron chi connectivity index (χ4n) is 2.68. The SMILES string of the molecule is CC(=O)N1Cc2ccc(C(O)c3ccccc3Cl)cc2C1. The van der Waals surface area contributed by atoms with E-state index in [1.165, 1.54) is 0 Å². The third-order valence-electron chi connectivity index (χ3n) is 3.91. The van der Waals surface area contributed by atoms with Crippen LogP contribution in [0.15, 0.2) is 42.5 Å². The third-order valence-corrected chi connectivity index (χ3v) is 4.26. The zero-order valence-electron chi connectivity index (χ0n) is 11.7. The Hall–Kier alpha value is -1.84. The van der Waals surface area contributed by atoms with Crippen molar-refractivity contribution in [3.05, 3.63) is 69.7 Å². The zero-order valence-corrected chi connectivity index (χ0v) is 12.5. The number of halogens is 1. The van der Waals surface area contributed by atoms with E-state index in [0.717, 1.165) is 16.7 Å². The normalized spacial score (nSPS) is 14.9. The lowest BCUT2D eigenvalue weighted by molar-refractivity contribution is -0.129. The second-order valence-electron chi connectivity index (χ2n) is 5.33. The summed E-state index contributed by atoms with van der Waals surface area (Å²) in [5, 5.41) is 11.1. The van der Waals surface area contributed by atoms with Gasteiger partial charge in [-0.05, 0) is 22.8 Å². The lowest BCUT2D eigenvalue weighted by Crippen LogP contribution is -2.21. The molecular weight excluding hydrogens is 286 g/mol. The maximum Gasteiger partial charge on any atom is 0.220 e. The largest absolute Gasteiger partial charge is 0.384 e. The van der Waals surface area contributed by atoms with Gasteiger partial charge in [0.25, 0.3) is 0 Å². The summed E-state index contributed by atoms with van der Waals surface area (Å²) in [5.74, 6) is 0.0689. The molecule has 0 radical (unpaired) electrons. The first kappa shape index (κ1) is 14.1. The maximum absolute atomic E-state index is 11.5. The number of amides is 1. The lowest BCUT2D eigenvalue weighted by Gasteiger charge is -2.14. The standard InChI is InChI=1S/C17H16ClNO2/c1-11(20)19-9-13-7-6-12(8-14(13)10-19)17(21)15-4-2-3-5-16(15)18/h2-8,17,21H,9-10H2,1H3. The average Bonchev–Trinajstić information content (AvgIpc) is 2.90. The van der Waals surface area contributed by atoms with Gasteiger partial charge in [0.05, 0.1) is 0 Å². The molecular formula is C17H16ClNO2. The Labute approximate surface area is 128 Å². The van der Waals surface area contributed by atoms with Crippen LogP contribution in [0, 0.1) is 0 Å². The minimum Gasteiger partial charge on any atom is -0.384 e. The van der Waals surface area contributed by atoms with Crippen molar-refractivity contribution in [2.24, 2.45) is 0 Å². The average molecular weight is 302 g/mol. The van der Waals surface area contributed by atoms with Crippen molar-refractivity contribution in [3.63, 3.8) is 0 Å². The summed E-state index contributed by atoms with van der Waals surface area (Å²) in [6.07, 6.45) is -0.754. The highest BCUT2D eigenvalue weighted by atomic mass is 35.5. The van der Waals surface area contributed by atoms with Crippen molar-refractivity contribution >= 4 is 17.5 Å². The molecule has 0 bridgehead atoms. The van der Waals surface area contributed by atoms with Gasteiger partial charge in [-0.1, -0.05) is 48.0 Å². The number of rotatable bonds is 2. The molecule has 0 saturated carbocycles. The quantitative estimate of drug-likeness (QED) is 0.925. The Bertz CT molecular complexity index is 699. The van der Waals surface area contributed by atoms with Gasteiger partial charge in [-0.2, -0.15) is 0 Å². The van der Waals surface area contributed by atoms with Crippen LogP contribution < -0.4 is 0 Å². The summed E-state index contributed by atoms with van der Waals surface area (Å²) in [6, 6.07) is 13.1. The molecule has 0 spiro atoms. The summed E-state index contributed by atoms with van der Waals surface area (Å²) in [4.78, 5) is 13.2. The molecule has 1 amide bonds. The summed E-state index contributed by atoms with van der Waals surface area (Å²) < 4.78 is 0. The van der Waals surface area contributed by atoms with Crippen molar-refractivity contribution in [1.29, 1.82) is 0 Å². The number of aliphatic hydroxyl groups is 1. The monoisotopic (exact) mass is 301 g/mol. The molecule has 1 aliphatic heterocycles. The first-order chi connectivity index (χ1) is 10.1. The van der Waals surface area contributed by atoms with Crippen LogP contribution in [0.25, 0.3) is 0 Å².